The lowest BCUT2D eigenvalue weighted by Gasteiger charge is -2.52. The molecule has 6 nitrogen and oxygen atoms in total. The lowest BCUT2D eigenvalue weighted by atomic mass is 9.55. The van der Waals surface area contributed by atoms with Crippen molar-refractivity contribution >= 4 is 5.97 Å². The van der Waals surface area contributed by atoms with Gasteiger partial charge in [-0.05, 0) is 55.4 Å². The molecular formula is C27H37NO5. The molecule has 1 aromatic carbocycles. The van der Waals surface area contributed by atoms with Gasteiger partial charge in [0.2, 0.25) is 0 Å². The molecule has 5 rings (SSSR count). The van der Waals surface area contributed by atoms with Gasteiger partial charge in [0.1, 0.15) is 6.10 Å². The Bertz CT molecular complexity index is 974. The second kappa shape index (κ2) is 8.31. The predicted octanol–water partition coefficient (Wildman–Crippen LogP) is 3.74. The number of hydrogen-bond donors (Lipinski definition) is 1. The Kier molecular flexibility index (Phi) is 5.73. The molecule has 0 unspecified atom stereocenters. The third-order valence-electron chi connectivity index (χ3n) is 9.22. The zero-order valence-corrected chi connectivity index (χ0v) is 20.5. The minimum absolute atomic E-state index is 0.148. The largest absolute Gasteiger partial charge is 0.493 e. The summed E-state index contributed by atoms with van der Waals surface area (Å²) in [6.45, 7) is 8.00. The van der Waals surface area contributed by atoms with Gasteiger partial charge < -0.3 is 19.3 Å². The summed E-state index contributed by atoms with van der Waals surface area (Å²) in [6, 6.07) is 4.41. The van der Waals surface area contributed by atoms with E-state index in [0.717, 1.165) is 43.7 Å². The number of carbonyl (C=O) groups is 1. The molecule has 2 aliphatic carbocycles. The number of hydrogen-bond acceptors (Lipinski definition) is 6. The monoisotopic (exact) mass is 455 g/mol. The van der Waals surface area contributed by atoms with E-state index in [9.17, 15) is 9.90 Å². The molecule has 1 saturated carbocycles. The lowest BCUT2D eigenvalue weighted by molar-refractivity contribution is -0.145. The molecule has 33 heavy (non-hydrogen) atoms. The fourth-order valence-electron chi connectivity index (χ4n) is 6.89. The first-order valence-corrected chi connectivity index (χ1v) is 12.3. The fraction of sp³-hybridized carbons (Fsp3) is 0.667. The number of ether oxygens (including phenoxy) is 3. The summed E-state index contributed by atoms with van der Waals surface area (Å²) < 4.78 is 16.9. The van der Waals surface area contributed by atoms with Crippen molar-refractivity contribution in [3.05, 3.63) is 34.9 Å². The summed E-state index contributed by atoms with van der Waals surface area (Å²) >= 11 is 0. The van der Waals surface area contributed by atoms with E-state index in [1.165, 1.54) is 16.7 Å². The second-order valence-electron chi connectivity index (χ2n) is 10.8. The molecule has 1 aromatic rings. The van der Waals surface area contributed by atoms with Crippen LogP contribution in [0.3, 0.4) is 0 Å². The van der Waals surface area contributed by atoms with Crippen LogP contribution in [0.5, 0.6) is 11.5 Å². The standard InChI is InChI=1S/C27H37NO5/c1-15-7-6-8-19-12-23-24(25(29)27(15,19)3)20(26(30)33-23)14-28-13-18-11-22(32-5)21(31-4)10-17(18)9-16(28)2/h8,10-11,15-16,20,23-25,29H,6-7,9,12-14H2,1-5H3/t15-,16+,20+,23+,24+,25-,27+/m0/s1. The number of nitrogens with zero attached hydrogens (tertiary/aromatic N) is 1. The third-order valence-corrected chi connectivity index (χ3v) is 9.22. The summed E-state index contributed by atoms with van der Waals surface area (Å²) in [4.78, 5) is 15.4. The average Bonchev–Trinajstić information content (AvgIpc) is 3.10. The Balaban J connectivity index is 1.40. The van der Waals surface area contributed by atoms with E-state index in [1.807, 2.05) is 0 Å². The average molecular weight is 456 g/mol. The van der Waals surface area contributed by atoms with Gasteiger partial charge in [0.15, 0.2) is 11.5 Å². The van der Waals surface area contributed by atoms with Gasteiger partial charge >= 0.3 is 5.97 Å². The van der Waals surface area contributed by atoms with Gasteiger partial charge in [0.05, 0.1) is 26.2 Å². The molecule has 2 aliphatic heterocycles. The maximum Gasteiger partial charge on any atom is 0.311 e. The zero-order valence-electron chi connectivity index (χ0n) is 20.5. The number of aliphatic hydroxyl groups is 1. The van der Waals surface area contributed by atoms with Crippen molar-refractivity contribution in [3.63, 3.8) is 0 Å². The number of methoxy groups -OCH3 is 2. The number of esters is 1. The van der Waals surface area contributed by atoms with E-state index >= 15 is 0 Å². The van der Waals surface area contributed by atoms with E-state index in [4.69, 9.17) is 14.2 Å². The van der Waals surface area contributed by atoms with Crippen LogP contribution in [0.2, 0.25) is 0 Å². The van der Waals surface area contributed by atoms with Crippen molar-refractivity contribution in [2.24, 2.45) is 23.2 Å². The number of fused-ring (bicyclic) bond motifs is 3. The summed E-state index contributed by atoms with van der Waals surface area (Å²) in [5, 5.41) is 11.6. The van der Waals surface area contributed by atoms with Gasteiger partial charge in [0, 0.05) is 36.9 Å². The number of aliphatic hydroxyl groups excluding tert-OH is 1. The topological polar surface area (TPSA) is 68.2 Å². The summed E-state index contributed by atoms with van der Waals surface area (Å²) in [5.74, 6) is 1.27. The molecule has 0 radical (unpaired) electrons. The Morgan fingerprint density at radius 3 is 2.55 bits per heavy atom. The van der Waals surface area contributed by atoms with E-state index < -0.39 is 6.10 Å². The first-order chi connectivity index (χ1) is 15.8. The molecule has 0 spiro atoms. The lowest BCUT2D eigenvalue weighted by Crippen LogP contribution is -2.55. The van der Waals surface area contributed by atoms with Crippen LogP contribution in [0.1, 0.15) is 51.2 Å². The molecule has 2 fully saturated rings. The zero-order chi connectivity index (χ0) is 23.5. The summed E-state index contributed by atoms with van der Waals surface area (Å²) in [6.07, 6.45) is 5.29. The summed E-state index contributed by atoms with van der Waals surface area (Å²) in [7, 11) is 3.32. The normalized spacial score (nSPS) is 38.0. The molecule has 6 heteroatoms. The number of rotatable bonds is 4. The molecule has 1 N–H and O–H groups in total. The predicted molar refractivity (Wildman–Crippen MR) is 125 cm³/mol. The highest BCUT2D eigenvalue weighted by Gasteiger charge is 2.60. The first kappa shape index (κ1) is 22.7. The van der Waals surface area contributed by atoms with E-state index in [1.54, 1.807) is 14.2 Å². The maximum absolute atomic E-state index is 13.1. The smallest absolute Gasteiger partial charge is 0.311 e. The molecule has 0 bridgehead atoms. The van der Waals surface area contributed by atoms with Crippen LogP contribution in [0.25, 0.3) is 0 Å². The molecule has 7 atom stereocenters. The van der Waals surface area contributed by atoms with Crippen molar-refractivity contribution < 1.29 is 24.1 Å². The van der Waals surface area contributed by atoms with E-state index in [-0.39, 0.29) is 35.4 Å². The molecule has 4 aliphatic rings. The maximum atomic E-state index is 13.1. The van der Waals surface area contributed by atoms with Crippen LogP contribution >= 0.6 is 0 Å². The molecule has 180 valence electrons. The quantitative estimate of drug-likeness (QED) is 0.551. The Morgan fingerprint density at radius 1 is 1.15 bits per heavy atom. The minimum Gasteiger partial charge on any atom is -0.493 e. The van der Waals surface area contributed by atoms with Gasteiger partial charge in [-0.1, -0.05) is 25.5 Å². The van der Waals surface area contributed by atoms with Gasteiger partial charge in [-0.25, -0.2) is 0 Å². The Hall–Kier alpha value is -2.05. The third kappa shape index (κ3) is 3.48. The highest BCUT2D eigenvalue weighted by Crippen LogP contribution is 2.56. The molecule has 1 saturated heterocycles. The van der Waals surface area contributed by atoms with Crippen molar-refractivity contribution in [1.82, 2.24) is 4.90 Å². The SMILES string of the molecule is COc1cc2c(cc1OC)CN(C[C@H]1C(=O)O[C@@H]3CC4=CCC[C@H](C)[C@@]4(C)[C@@H](O)[C@@H]31)[C@H](C)C2. The molecule has 2 heterocycles. The van der Waals surface area contributed by atoms with Crippen LogP contribution < -0.4 is 9.47 Å². The van der Waals surface area contributed by atoms with Crippen molar-refractivity contribution in [1.29, 1.82) is 0 Å². The van der Waals surface area contributed by atoms with Crippen LogP contribution in [0, 0.1) is 23.2 Å². The van der Waals surface area contributed by atoms with Crippen LogP contribution in [0.4, 0.5) is 0 Å². The fourth-order valence-corrected chi connectivity index (χ4v) is 6.89. The minimum atomic E-state index is -0.564. The molecular weight excluding hydrogens is 418 g/mol. The molecule has 0 aromatic heterocycles. The number of carbonyl (C=O) groups excluding carboxylic acids is 1. The van der Waals surface area contributed by atoms with Crippen molar-refractivity contribution in [3.8, 4) is 11.5 Å². The van der Waals surface area contributed by atoms with Crippen molar-refractivity contribution in [2.45, 2.75) is 71.2 Å². The van der Waals surface area contributed by atoms with Gasteiger partial charge in [-0.3, -0.25) is 9.69 Å². The van der Waals surface area contributed by atoms with E-state index in [0.29, 0.717) is 12.5 Å². The highest BCUT2D eigenvalue weighted by atomic mass is 16.6. The van der Waals surface area contributed by atoms with Gasteiger partial charge in [0.25, 0.3) is 0 Å². The second-order valence-corrected chi connectivity index (χ2v) is 10.8. The summed E-state index contributed by atoms with van der Waals surface area (Å²) in [5.41, 5.74) is 3.48. The van der Waals surface area contributed by atoms with Crippen LogP contribution in [-0.4, -0.2) is 55.0 Å². The highest BCUT2D eigenvalue weighted by molar-refractivity contribution is 5.76. The van der Waals surface area contributed by atoms with Gasteiger partial charge in [-0.15, -0.1) is 0 Å². The van der Waals surface area contributed by atoms with E-state index in [2.05, 4.69) is 43.9 Å². The number of benzene rings is 1. The molecule has 0 amide bonds. The van der Waals surface area contributed by atoms with Crippen LogP contribution in [0.15, 0.2) is 23.8 Å². The first-order valence-electron chi connectivity index (χ1n) is 12.3. The number of allylic oxidation sites excluding steroid dienone is 1. The van der Waals surface area contributed by atoms with Crippen molar-refractivity contribution in [2.75, 3.05) is 20.8 Å². The van der Waals surface area contributed by atoms with Gasteiger partial charge in [-0.2, -0.15) is 0 Å². The Morgan fingerprint density at radius 2 is 1.85 bits per heavy atom. The van der Waals surface area contributed by atoms with Crippen LogP contribution in [-0.2, 0) is 22.5 Å². The Labute approximate surface area is 196 Å².